The number of tetrazole rings is 1. The molecule has 0 bridgehead atoms. The summed E-state index contributed by atoms with van der Waals surface area (Å²) in [7, 11) is 0. The Bertz CT molecular complexity index is 632. The van der Waals surface area contributed by atoms with Crippen LogP contribution in [0.4, 0.5) is 11.4 Å². The molecule has 0 saturated carbocycles. The van der Waals surface area contributed by atoms with Crippen LogP contribution in [0.5, 0.6) is 0 Å². The van der Waals surface area contributed by atoms with Gasteiger partial charge >= 0.3 is 5.69 Å². The van der Waals surface area contributed by atoms with E-state index in [9.17, 15) is 10.1 Å². The summed E-state index contributed by atoms with van der Waals surface area (Å²) in [6, 6.07) is 5.89. The molecule has 0 aliphatic heterocycles. The van der Waals surface area contributed by atoms with Crippen LogP contribution in [0.15, 0.2) is 18.2 Å². The van der Waals surface area contributed by atoms with E-state index in [-0.39, 0.29) is 23.0 Å². The minimum Gasteiger partial charge on any atom is -0.370 e. The van der Waals surface area contributed by atoms with Crippen molar-refractivity contribution in [2.45, 2.75) is 13.0 Å². The molecule has 0 aliphatic rings. The Labute approximate surface area is 107 Å². The van der Waals surface area contributed by atoms with Crippen LogP contribution in [0.3, 0.4) is 0 Å². The first-order chi connectivity index (χ1) is 9.13. The number of nitrogens with one attached hydrogen (secondary N) is 2. The zero-order chi connectivity index (χ0) is 13.8. The lowest BCUT2D eigenvalue weighted by Crippen LogP contribution is -2.10. The van der Waals surface area contributed by atoms with Gasteiger partial charge in [-0.15, -0.1) is 10.2 Å². The molecule has 2 N–H and O–H groups in total. The number of para-hydroxylation sites is 1. The summed E-state index contributed by atoms with van der Waals surface area (Å²) in [6.07, 6.45) is 0. The van der Waals surface area contributed by atoms with Gasteiger partial charge in [-0.25, -0.2) is 0 Å². The smallest absolute Gasteiger partial charge is 0.309 e. The van der Waals surface area contributed by atoms with Gasteiger partial charge in [-0.05, 0) is 19.1 Å². The second-order valence-corrected chi connectivity index (χ2v) is 3.71. The lowest BCUT2D eigenvalue weighted by atomic mass is 10.1. The molecule has 0 fully saturated rings. The fourth-order valence-electron chi connectivity index (χ4n) is 1.60. The van der Waals surface area contributed by atoms with E-state index in [1.54, 1.807) is 19.1 Å². The summed E-state index contributed by atoms with van der Waals surface area (Å²) in [4.78, 5) is 10.4. The predicted octanol–water partition coefficient (Wildman–Crippen LogP) is 1.15. The van der Waals surface area contributed by atoms with Gasteiger partial charge in [-0.3, -0.25) is 10.1 Å². The SMILES string of the molecule is CC(Nc1cccc(C#N)c1[N+](=O)[O-])c1nn[nH]n1. The largest absolute Gasteiger partial charge is 0.370 e. The molecule has 1 unspecified atom stereocenters. The van der Waals surface area contributed by atoms with Crippen LogP contribution in [-0.4, -0.2) is 25.5 Å². The van der Waals surface area contributed by atoms with Gasteiger partial charge in [-0.2, -0.15) is 10.5 Å². The molecule has 96 valence electrons. The second-order valence-electron chi connectivity index (χ2n) is 3.71. The van der Waals surface area contributed by atoms with Crippen molar-refractivity contribution in [3.63, 3.8) is 0 Å². The molecule has 1 heterocycles. The van der Waals surface area contributed by atoms with Crippen LogP contribution >= 0.6 is 0 Å². The Morgan fingerprint density at radius 2 is 2.37 bits per heavy atom. The Morgan fingerprint density at radius 1 is 1.58 bits per heavy atom. The van der Waals surface area contributed by atoms with Crippen LogP contribution in [-0.2, 0) is 0 Å². The number of hydrogen-bond donors (Lipinski definition) is 2. The molecule has 1 atom stereocenters. The highest BCUT2D eigenvalue weighted by atomic mass is 16.6. The fraction of sp³-hybridized carbons (Fsp3) is 0.200. The number of nitro benzene ring substituents is 1. The zero-order valence-corrected chi connectivity index (χ0v) is 9.86. The fourth-order valence-corrected chi connectivity index (χ4v) is 1.60. The van der Waals surface area contributed by atoms with Gasteiger partial charge in [-0.1, -0.05) is 11.3 Å². The van der Waals surface area contributed by atoms with Gasteiger partial charge in [0.15, 0.2) is 5.82 Å². The van der Waals surface area contributed by atoms with Crippen molar-refractivity contribution >= 4 is 11.4 Å². The van der Waals surface area contributed by atoms with E-state index in [0.717, 1.165) is 0 Å². The average Bonchev–Trinajstić information content (AvgIpc) is 2.92. The third-order valence-corrected chi connectivity index (χ3v) is 2.46. The van der Waals surface area contributed by atoms with Crippen LogP contribution in [0.25, 0.3) is 0 Å². The minimum atomic E-state index is -0.593. The monoisotopic (exact) mass is 259 g/mol. The molecule has 1 aromatic heterocycles. The van der Waals surface area contributed by atoms with E-state index in [0.29, 0.717) is 5.82 Å². The van der Waals surface area contributed by atoms with E-state index < -0.39 is 4.92 Å². The normalized spacial score (nSPS) is 11.6. The van der Waals surface area contributed by atoms with E-state index in [1.165, 1.54) is 12.1 Å². The quantitative estimate of drug-likeness (QED) is 0.621. The Balaban J connectivity index is 2.35. The van der Waals surface area contributed by atoms with Crippen LogP contribution in [0, 0.1) is 21.4 Å². The first-order valence-electron chi connectivity index (χ1n) is 5.31. The number of rotatable bonds is 4. The van der Waals surface area contributed by atoms with Crippen molar-refractivity contribution in [2.24, 2.45) is 0 Å². The summed E-state index contributed by atoms with van der Waals surface area (Å²) in [5.41, 5.74) is -0.0305. The number of nitriles is 1. The molecule has 9 nitrogen and oxygen atoms in total. The first-order valence-corrected chi connectivity index (χ1v) is 5.31. The summed E-state index contributed by atoms with van der Waals surface area (Å²) in [5.74, 6) is 0.372. The molecule has 1 aromatic carbocycles. The van der Waals surface area contributed by atoms with E-state index >= 15 is 0 Å². The maximum atomic E-state index is 11.0. The Morgan fingerprint density at radius 3 is 2.95 bits per heavy atom. The number of hydrogen-bond acceptors (Lipinski definition) is 7. The topological polar surface area (TPSA) is 133 Å². The molecule has 2 aromatic rings. The van der Waals surface area contributed by atoms with Crippen molar-refractivity contribution in [1.29, 1.82) is 5.26 Å². The van der Waals surface area contributed by atoms with Gasteiger partial charge < -0.3 is 5.32 Å². The molecule has 0 aliphatic carbocycles. The Hall–Kier alpha value is -3.02. The van der Waals surface area contributed by atoms with E-state index in [1.807, 2.05) is 0 Å². The van der Waals surface area contributed by atoms with Crippen LogP contribution < -0.4 is 5.32 Å². The zero-order valence-electron chi connectivity index (χ0n) is 9.86. The first kappa shape index (κ1) is 12.4. The molecular formula is C10H9N7O2. The average molecular weight is 259 g/mol. The van der Waals surface area contributed by atoms with Gasteiger partial charge in [0.25, 0.3) is 0 Å². The summed E-state index contributed by atoms with van der Waals surface area (Å²) >= 11 is 0. The molecule has 0 spiro atoms. The number of anilines is 1. The number of aromatic nitrogens is 4. The Kier molecular flexibility index (Phi) is 3.33. The maximum absolute atomic E-state index is 11.0. The standard InChI is InChI=1S/C10H9N7O2/c1-6(10-13-15-16-14-10)12-8-4-2-3-7(5-11)9(8)17(18)19/h2-4,6,12H,1H3,(H,13,14,15,16). The summed E-state index contributed by atoms with van der Waals surface area (Å²) in [5, 5.41) is 36.1. The van der Waals surface area contributed by atoms with E-state index in [2.05, 4.69) is 25.9 Å². The highest BCUT2D eigenvalue weighted by Crippen LogP contribution is 2.30. The van der Waals surface area contributed by atoms with E-state index in [4.69, 9.17) is 5.26 Å². The van der Waals surface area contributed by atoms with Gasteiger partial charge in [0, 0.05) is 0 Å². The molecular weight excluding hydrogens is 250 g/mol. The number of benzene rings is 1. The third kappa shape index (κ3) is 2.47. The van der Waals surface area contributed by atoms with Crippen molar-refractivity contribution in [2.75, 3.05) is 5.32 Å². The van der Waals surface area contributed by atoms with Gasteiger partial charge in [0.2, 0.25) is 0 Å². The number of aromatic amines is 1. The van der Waals surface area contributed by atoms with Gasteiger partial charge in [0.1, 0.15) is 17.3 Å². The summed E-state index contributed by atoms with van der Waals surface area (Å²) < 4.78 is 0. The molecule has 19 heavy (non-hydrogen) atoms. The lowest BCUT2D eigenvalue weighted by Gasteiger charge is -2.11. The summed E-state index contributed by atoms with van der Waals surface area (Å²) in [6.45, 7) is 1.73. The molecule has 0 amide bonds. The molecule has 2 rings (SSSR count). The minimum absolute atomic E-state index is 0.00434. The lowest BCUT2D eigenvalue weighted by molar-refractivity contribution is -0.384. The number of H-pyrrole nitrogens is 1. The van der Waals surface area contributed by atoms with Crippen LogP contribution in [0.2, 0.25) is 0 Å². The second kappa shape index (κ2) is 5.09. The van der Waals surface area contributed by atoms with Crippen LogP contribution in [0.1, 0.15) is 24.4 Å². The highest BCUT2D eigenvalue weighted by Gasteiger charge is 2.21. The maximum Gasteiger partial charge on any atom is 0.309 e. The predicted molar refractivity (Wildman–Crippen MR) is 64.0 cm³/mol. The van der Waals surface area contributed by atoms with Crippen molar-refractivity contribution in [1.82, 2.24) is 20.6 Å². The number of nitro groups is 1. The highest BCUT2D eigenvalue weighted by molar-refractivity contribution is 5.68. The van der Waals surface area contributed by atoms with Crippen molar-refractivity contribution in [3.05, 3.63) is 39.7 Å². The van der Waals surface area contributed by atoms with Crippen molar-refractivity contribution < 1.29 is 4.92 Å². The van der Waals surface area contributed by atoms with Gasteiger partial charge in [0.05, 0.1) is 11.0 Å². The van der Waals surface area contributed by atoms with Crippen molar-refractivity contribution in [3.8, 4) is 6.07 Å². The third-order valence-electron chi connectivity index (χ3n) is 2.46. The number of nitrogens with zero attached hydrogens (tertiary/aromatic N) is 5. The molecule has 9 heteroatoms. The molecule has 0 radical (unpaired) electrons. The molecule has 0 saturated heterocycles.